The molecule has 0 fully saturated rings. The van der Waals surface area contributed by atoms with E-state index in [2.05, 4.69) is 172 Å². The molecule has 0 bridgehead atoms. The summed E-state index contributed by atoms with van der Waals surface area (Å²) in [5.74, 6) is -0.639. The number of hydrogen-bond acceptors (Lipinski definition) is 5. The van der Waals surface area contributed by atoms with Crippen molar-refractivity contribution in [3.8, 4) is 0 Å². The number of esters is 2. The lowest BCUT2D eigenvalue weighted by Crippen LogP contribution is -2.28. The van der Waals surface area contributed by atoms with Crippen LogP contribution in [0, 0.1) is 0 Å². The van der Waals surface area contributed by atoms with Crippen LogP contribution < -0.4 is 0 Å². The number of aliphatic hydroxyl groups excluding tert-OH is 1. The number of hydrogen-bond donors (Lipinski definition) is 1. The van der Waals surface area contributed by atoms with Crippen molar-refractivity contribution in [1.29, 1.82) is 0 Å². The third-order valence-corrected chi connectivity index (χ3v) is 11.6. The van der Waals surface area contributed by atoms with Crippen LogP contribution in [0.1, 0.15) is 226 Å². The molecule has 5 heteroatoms. The van der Waals surface area contributed by atoms with Crippen LogP contribution >= 0.6 is 0 Å². The van der Waals surface area contributed by atoms with Gasteiger partial charge in [-0.05, 0) is 128 Å². The van der Waals surface area contributed by atoms with Crippen LogP contribution in [0.2, 0.25) is 0 Å². The topological polar surface area (TPSA) is 72.8 Å². The minimum atomic E-state index is -0.800. The second-order valence-electron chi connectivity index (χ2n) is 18.3. The molecule has 0 saturated heterocycles. The SMILES string of the molecule is CC/C=C\C/C=C\C/C=C\C/C=C\C/C=C\C/C=C\C/C=C\C/C=C\C/C=C\C/C=C\C/C=C\C/C=C\CCCCCCC(=O)OC(CO)COC(=O)CCCCCCC/C=C\CCCCCCCCC. The Bertz CT molecular complexity index is 1570. The largest absolute Gasteiger partial charge is 0.462 e. The molecule has 5 nitrogen and oxygen atoms in total. The molecule has 398 valence electrons. The number of rotatable bonds is 50. The summed E-state index contributed by atoms with van der Waals surface area (Å²) in [5.41, 5.74) is 0. The van der Waals surface area contributed by atoms with Crippen LogP contribution in [-0.4, -0.2) is 36.4 Å². The third kappa shape index (κ3) is 58.0. The van der Waals surface area contributed by atoms with Gasteiger partial charge in [-0.25, -0.2) is 0 Å². The number of allylic oxidation sites excluding steroid dienone is 26. The van der Waals surface area contributed by atoms with E-state index in [1.54, 1.807) is 0 Å². The second-order valence-corrected chi connectivity index (χ2v) is 18.3. The summed E-state index contributed by atoms with van der Waals surface area (Å²) < 4.78 is 10.6. The fourth-order valence-corrected chi connectivity index (χ4v) is 7.29. The van der Waals surface area contributed by atoms with Crippen LogP contribution in [0.3, 0.4) is 0 Å². The molecule has 0 aliphatic rings. The van der Waals surface area contributed by atoms with Crippen molar-refractivity contribution in [2.24, 2.45) is 0 Å². The van der Waals surface area contributed by atoms with Gasteiger partial charge in [0.25, 0.3) is 0 Å². The lowest BCUT2D eigenvalue weighted by molar-refractivity contribution is -0.161. The van der Waals surface area contributed by atoms with E-state index in [0.29, 0.717) is 12.8 Å². The number of carbonyl (C=O) groups is 2. The van der Waals surface area contributed by atoms with E-state index < -0.39 is 6.10 Å². The first kappa shape index (κ1) is 66.5. The lowest BCUT2D eigenvalue weighted by Gasteiger charge is -2.15. The zero-order valence-electron chi connectivity index (χ0n) is 45.4. The molecule has 1 unspecified atom stereocenters. The highest BCUT2D eigenvalue weighted by Gasteiger charge is 2.16. The quantitative estimate of drug-likeness (QED) is 0.0374. The molecule has 0 rings (SSSR count). The summed E-state index contributed by atoms with van der Waals surface area (Å²) in [6.07, 6.45) is 92.1. The number of aliphatic hydroxyl groups is 1. The monoisotopic (exact) mass is 977 g/mol. The van der Waals surface area contributed by atoms with Gasteiger partial charge < -0.3 is 14.6 Å². The zero-order chi connectivity index (χ0) is 51.3. The van der Waals surface area contributed by atoms with Gasteiger partial charge in [0.05, 0.1) is 6.61 Å². The molecule has 71 heavy (non-hydrogen) atoms. The summed E-state index contributed by atoms with van der Waals surface area (Å²) in [7, 11) is 0. The predicted octanol–water partition coefficient (Wildman–Crippen LogP) is 19.6. The summed E-state index contributed by atoms with van der Waals surface area (Å²) >= 11 is 0. The van der Waals surface area contributed by atoms with Gasteiger partial charge in [-0.15, -0.1) is 0 Å². The van der Waals surface area contributed by atoms with Crippen LogP contribution in [0.5, 0.6) is 0 Å². The van der Waals surface area contributed by atoms with E-state index in [-0.39, 0.29) is 25.2 Å². The van der Waals surface area contributed by atoms with Gasteiger partial charge in [0.1, 0.15) is 6.61 Å². The first-order valence-electron chi connectivity index (χ1n) is 28.5. The van der Waals surface area contributed by atoms with E-state index >= 15 is 0 Å². The van der Waals surface area contributed by atoms with Gasteiger partial charge in [0, 0.05) is 12.8 Å². The van der Waals surface area contributed by atoms with E-state index in [0.717, 1.165) is 135 Å². The number of carbonyl (C=O) groups excluding carboxylic acids is 2. The van der Waals surface area contributed by atoms with Crippen molar-refractivity contribution < 1.29 is 24.2 Å². The molecule has 0 spiro atoms. The highest BCUT2D eigenvalue weighted by Crippen LogP contribution is 2.12. The van der Waals surface area contributed by atoms with Crippen molar-refractivity contribution in [2.75, 3.05) is 13.2 Å². The van der Waals surface area contributed by atoms with Crippen molar-refractivity contribution >= 4 is 11.9 Å². The summed E-state index contributed by atoms with van der Waals surface area (Å²) in [4.78, 5) is 24.4. The highest BCUT2D eigenvalue weighted by atomic mass is 16.6. The molecule has 0 aromatic carbocycles. The van der Waals surface area contributed by atoms with Gasteiger partial charge in [-0.3, -0.25) is 9.59 Å². The third-order valence-electron chi connectivity index (χ3n) is 11.6. The van der Waals surface area contributed by atoms with Crippen LogP contribution in [0.25, 0.3) is 0 Å². The van der Waals surface area contributed by atoms with Gasteiger partial charge in [0.15, 0.2) is 6.10 Å². The summed E-state index contributed by atoms with van der Waals surface area (Å²) in [6.45, 7) is 3.98. The van der Waals surface area contributed by atoms with E-state index in [1.807, 2.05) is 0 Å². The van der Waals surface area contributed by atoms with Crippen LogP contribution in [-0.2, 0) is 19.1 Å². The molecule has 0 aromatic rings. The van der Waals surface area contributed by atoms with E-state index in [4.69, 9.17) is 9.47 Å². The summed E-state index contributed by atoms with van der Waals surface area (Å²) in [5, 5.41) is 9.63. The Hall–Kier alpha value is -4.48. The first-order valence-corrected chi connectivity index (χ1v) is 28.5. The molecule has 1 atom stereocenters. The molecule has 0 aliphatic carbocycles. The molecule has 1 N–H and O–H groups in total. The second kappa shape index (κ2) is 59.8. The highest BCUT2D eigenvalue weighted by molar-refractivity contribution is 5.70. The Kier molecular flexibility index (Phi) is 56.1. The van der Waals surface area contributed by atoms with E-state index in [1.165, 1.54) is 64.2 Å². The smallest absolute Gasteiger partial charge is 0.306 e. The Balaban J connectivity index is 3.68. The standard InChI is InChI=1S/C66H104O5/c1-3-5-7-9-11-13-15-17-19-21-22-23-24-25-26-27-28-29-30-31-32-33-34-35-36-37-38-39-40-41-42-43-44-45-47-49-51-53-55-57-59-61-66(69)71-64(62-67)63-70-65(68)60-58-56-54-52-50-48-46-20-18-16-14-12-10-8-6-4-2/h5,7,11,13,17,19-20,22-23,25-26,28-29,31-32,34-35,37-38,40-41,43-44,46-47,49,64,67H,3-4,6,8-10,12,14-16,18,21,24,27,30,33,36,39,42,45,48,50-63H2,1-2H3/b7-5-,13-11-,19-17-,23-22-,26-25-,29-28-,32-31-,35-34-,38-37-,41-40-,44-43-,46-20-,49-47-. The first-order chi connectivity index (χ1) is 35.1. The maximum Gasteiger partial charge on any atom is 0.306 e. The molecular weight excluding hydrogens is 873 g/mol. The Labute approximate surface area is 437 Å². The average Bonchev–Trinajstić information content (AvgIpc) is 3.37. The number of unbranched alkanes of at least 4 members (excludes halogenated alkanes) is 16. The molecule has 0 radical (unpaired) electrons. The average molecular weight is 978 g/mol. The van der Waals surface area contributed by atoms with Gasteiger partial charge >= 0.3 is 11.9 Å². The van der Waals surface area contributed by atoms with Crippen LogP contribution in [0.4, 0.5) is 0 Å². The van der Waals surface area contributed by atoms with E-state index in [9.17, 15) is 14.7 Å². The summed E-state index contributed by atoms with van der Waals surface area (Å²) in [6, 6.07) is 0. The van der Waals surface area contributed by atoms with Crippen molar-refractivity contribution in [2.45, 2.75) is 232 Å². The molecule has 0 aromatic heterocycles. The van der Waals surface area contributed by atoms with Gasteiger partial charge in [-0.1, -0.05) is 242 Å². The predicted molar refractivity (Wildman–Crippen MR) is 310 cm³/mol. The Morgan fingerprint density at radius 2 is 0.606 bits per heavy atom. The van der Waals surface area contributed by atoms with Gasteiger partial charge in [0.2, 0.25) is 0 Å². The molecule has 0 aliphatic heterocycles. The minimum Gasteiger partial charge on any atom is -0.462 e. The maximum absolute atomic E-state index is 12.3. The fourth-order valence-electron chi connectivity index (χ4n) is 7.29. The van der Waals surface area contributed by atoms with Gasteiger partial charge in [-0.2, -0.15) is 0 Å². The molecular formula is C66H104O5. The van der Waals surface area contributed by atoms with Crippen molar-refractivity contribution in [3.05, 3.63) is 158 Å². The molecule has 0 saturated carbocycles. The Morgan fingerprint density at radius 3 is 0.930 bits per heavy atom. The molecule has 0 amide bonds. The Morgan fingerprint density at radius 1 is 0.338 bits per heavy atom. The fraction of sp³-hybridized carbons (Fsp3) is 0.576. The number of ether oxygens (including phenoxy) is 2. The van der Waals surface area contributed by atoms with Crippen LogP contribution in [0.15, 0.2) is 158 Å². The molecule has 0 heterocycles. The lowest BCUT2D eigenvalue weighted by atomic mass is 10.1. The normalized spacial score (nSPS) is 13.5. The van der Waals surface area contributed by atoms with Crippen molar-refractivity contribution in [1.82, 2.24) is 0 Å². The zero-order valence-corrected chi connectivity index (χ0v) is 45.4. The maximum atomic E-state index is 12.3. The van der Waals surface area contributed by atoms with Crippen molar-refractivity contribution in [3.63, 3.8) is 0 Å². The minimum absolute atomic E-state index is 0.0894.